The lowest BCUT2D eigenvalue weighted by Gasteiger charge is -2.37. The number of rotatable bonds is 3. The first-order valence-corrected chi connectivity index (χ1v) is 8.94. The molecule has 0 aliphatic carbocycles. The Bertz CT molecular complexity index is 682. The summed E-state index contributed by atoms with van der Waals surface area (Å²) in [7, 11) is 0. The van der Waals surface area contributed by atoms with Gasteiger partial charge >= 0.3 is 0 Å². The molecule has 1 spiro atoms. The molecule has 0 bridgehead atoms. The van der Waals surface area contributed by atoms with Crippen LogP contribution < -0.4 is 5.32 Å². The van der Waals surface area contributed by atoms with Crippen molar-refractivity contribution in [3.8, 4) is 0 Å². The summed E-state index contributed by atoms with van der Waals surface area (Å²) in [5.74, 6) is -2.46. The Labute approximate surface area is 151 Å². The summed E-state index contributed by atoms with van der Waals surface area (Å²) < 4.78 is 32.4. The third-order valence-electron chi connectivity index (χ3n) is 5.28. The fraction of sp³-hybridized carbons (Fsp3) is 0.579. The summed E-state index contributed by atoms with van der Waals surface area (Å²) in [5, 5.41) is 2.94. The van der Waals surface area contributed by atoms with Gasteiger partial charge in [0.1, 0.15) is 11.6 Å². The van der Waals surface area contributed by atoms with Crippen LogP contribution >= 0.6 is 0 Å². The van der Waals surface area contributed by atoms with E-state index in [2.05, 4.69) is 5.32 Å². The minimum Gasteiger partial charge on any atom is -0.381 e. The lowest BCUT2D eigenvalue weighted by Crippen LogP contribution is -2.46. The summed E-state index contributed by atoms with van der Waals surface area (Å²) >= 11 is 0. The summed E-state index contributed by atoms with van der Waals surface area (Å²) in [5.41, 5.74) is -0.381. The Balaban J connectivity index is 1.85. The largest absolute Gasteiger partial charge is 0.381 e. The predicted molar refractivity (Wildman–Crippen MR) is 91.5 cm³/mol. The molecule has 3 rings (SSSR count). The minimum absolute atomic E-state index is 0.00135. The summed E-state index contributed by atoms with van der Waals surface area (Å²) in [4.78, 5) is 27.1. The van der Waals surface area contributed by atoms with Crippen LogP contribution in [0.2, 0.25) is 0 Å². The van der Waals surface area contributed by atoms with Crippen LogP contribution in [0.25, 0.3) is 0 Å². The first kappa shape index (κ1) is 18.8. The summed E-state index contributed by atoms with van der Waals surface area (Å²) in [6.45, 7) is 5.51. The molecule has 2 fully saturated rings. The van der Waals surface area contributed by atoms with Gasteiger partial charge in [-0.25, -0.2) is 8.78 Å². The maximum Gasteiger partial charge on any atom is 0.254 e. The number of amides is 2. The molecule has 142 valence electrons. The van der Waals surface area contributed by atoms with Crippen molar-refractivity contribution in [3.63, 3.8) is 0 Å². The molecule has 5 nitrogen and oxygen atoms in total. The van der Waals surface area contributed by atoms with Crippen LogP contribution in [0, 0.1) is 23.0 Å². The van der Waals surface area contributed by atoms with E-state index in [-0.39, 0.29) is 35.4 Å². The molecule has 2 saturated heterocycles. The van der Waals surface area contributed by atoms with Gasteiger partial charge in [-0.3, -0.25) is 9.59 Å². The Morgan fingerprint density at radius 1 is 1.19 bits per heavy atom. The molecule has 2 amide bonds. The van der Waals surface area contributed by atoms with Crippen LogP contribution in [0.4, 0.5) is 8.78 Å². The first-order valence-electron chi connectivity index (χ1n) is 8.94. The monoisotopic (exact) mass is 366 g/mol. The second-order valence-corrected chi connectivity index (χ2v) is 7.53. The second-order valence-electron chi connectivity index (χ2n) is 7.53. The van der Waals surface area contributed by atoms with E-state index >= 15 is 0 Å². The molecule has 2 aliphatic heterocycles. The molecular formula is C19H24F2N2O3. The van der Waals surface area contributed by atoms with E-state index in [1.165, 1.54) is 0 Å². The number of hydrogen-bond donors (Lipinski definition) is 1. The van der Waals surface area contributed by atoms with Gasteiger partial charge in [-0.1, -0.05) is 0 Å². The molecular weight excluding hydrogens is 342 g/mol. The van der Waals surface area contributed by atoms with Crippen molar-refractivity contribution in [3.05, 3.63) is 35.4 Å². The van der Waals surface area contributed by atoms with Crippen LogP contribution in [-0.2, 0) is 9.53 Å². The number of likely N-dealkylation sites (tertiary alicyclic amines) is 1. The summed E-state index contributed by atoms with van der Waals surface area (Å²) in [6, 6.07) is 2.80. The normalized spacial score (nSPS) is 22.0. The smallest absolute Gasteiger partial charge is 0.254 e. The van der Waals surface area contributed by atoms with Gasteiger partial charge in [0.2, 0.25) is 5.91 Å². The molecule has 1 atom stereocenters. The van der Waals surface area contributed by atoms with Crippen molar-refractivity contribution < 1.29 is 23.1 Å². The van der Waals surface area contributed by atoms with Crippen LogP contribution in [0.5, 0.6) is 0 Å². The van der Waals surface area contributed by atoms with E-state index in [0.29, 0.717) is 32.6 Å². The van der Waals surface area contributed by atoms with E-state index in [1.807, 2.05) is 13.8 Å². The van der Waals surface area contributed by atoms with Crippen molar-refractivity contribution in [1.82, 2.24) is 10.2 Å². The van der Waals surface area contributed by atoms with Crippen molar-refractivity contribution >= 4 is 11.8 Å². The van der Waals surface area contributed by atoms with Gasteiger partial charge < -0.3 is 15.0 Å². The molecule has 1 N–H and O–H groups in total. The molecule has 0 radical (unpaired) electrons. The van der Waals surface area contributed by atoms with Gasteiger partial charge in [0.15, 0.2) is 0 Å². The zero-order valence-corrected chi connectivity index (χ0v) is 15.1. The maximum absolute atomic E-state index is 13.5. The van der Waals surface area contributed by atoms with Gasteiger partial charge in [0.05, 0.1) is 5.92 Å². The van der Waals surface area contributed by atoms with Gasteiger partial charge in [-0.2, -0.15) is 0 Å². The van der Waals surface area contributed by atoms with Crippen molar-refractivity contribution in [2.45, 2.75) is 32.7 Å². The zero-order valence-electron chi connectivity index (χ0n) is 15.1. The highest BCUT2D eigenvalue weighted by Gasteiger charge is 2.51. The Hall–Kier alpha value is -2.02. The van der Waals surface area contributed by atoms with Crippen LogP contribution in [-0.4, -0.2) is 49.1 Å². The van der Waals surface area contributed by atoms with E-state index in [0.717, 1.165) is 18.2 Å². The Morgan fingerprint density at radius 2 is 1.81 bits per heavy atom. The van der Waals surface area contributed by atoms with Gasteiger partial charge in [0, 0.05) is 49.4 Å². The van der Waals surface area contributed by atoms with Crippen molar-refractivity contribution in [2.24, 2.45) is 11.3 Å². The molecule has 1 aromatic carbocycles. The molecule has 2 aliphatic rings. The maximum atomic E-state index is 13.5. The predicted octanol–water partition coefficient (Wildman–Crippen LogP) is 2.36. The standard InChI is InChI=1S/C19H24F2N2O3/c1-12(2)22-17(24)16-10-23(11-19(16)3-5-26-6-4-19)18(25)13-7-14(20)9-15(21)8-13/h7-9,12,16H,3-6,10-11H2,1-2H3,(H,22,24)/t16-/m0/s1. The lowest BCUT2D eigenvalue weighted by atomic mass is 9.71. The molecule has 26 heavy (non-hydrogen) atoms. The van der Waals surface area contributed by atoms with Crippen LogP contribution in [0.1, 0.15) is 37.0 Å². The second kappa shape index (κ2) is 7.31. The van der Waals surface area contributed by atoms with Gasteiger partial charge in [-0.15, -0.1) is 0 Å². The Morgan fingerprint density at radius 3 is 2.38 bits per heavy atom. The fourth-order valence-corrected chi connectivity index (χ4v) is 4.01. The number of ether oxygens (including phenoxy) is 1. The molecule has 7 heteroatoms. The minimum atomic E-state index is -0.789. The van der Waals surface area contributed by atoms with Crippen molar-refractivity contribution in [2.75, 3.05) is 26.3 Å². The highest BCUT2D eigenvalue weighted by Crippen LogP contribution is 2.44. The fourth-order valence-electron chi connectivity index (χ4n) is 4.01. The third-order valence-corrected chi connectivity index (χ3v) is 5.28. The van der Waals surface area contributed by atoms with Crippen molar-refractivity contribution in [1.29, 1.82) is 0 Å². The van der Waals surface area contributed by atoms with E-state index in [4.69, 9.17) is 4.74 Å². The van der Waals surface area contributed by atoms with Crippen LogP contribution in [0.15, 0.2) is 18.2 Å². The number of nitrogens with zero attached hydrogens (tertiary/aromatic N) is 1. The van der Waals surface area contributed by atoms with Gasteiger partial charge in [-0.05, 0) is 38.8 Å². The molecule has 0 unspecified atom stereocenters. The first-order chi connectivity index (χ1) is 12.3. The van der Waals surface area contributed by atoms with E-state index in [9.17, 15) is 18.4 Å². The molecule has 0 saturated carbocycles. The van der Waals surface area contributed by atoms with Gasteiger partial charge in [0.25, 0.3) is 5.91 Å². The summed E-state index contributed by atoms with van der Waals surface area (Å²) in [6.07, 6.45) is 1.37. The number of benzene rings is 1. The highest BCUT2D eigenvalue weighted by molar-refractivity contribution is 5.95. The average Bonchev–Trinajstić information content (AvgIpc) is 2.92. The number of carbonyl (C=O) groups excluding carboxylic acids is 2. The number of halogens is 2. The quantitative estimate of drug-likeness (QED) is 0.893. The third kappa shape index (κ3) is 3.72. The highest BCUT2D eigenvalue weighted by atomic mass is 19.1. The topological polar surface area (TPSA) is 58.6 Å². The van der Waals surface area contributed by atoms with Crippen LogP contribution in [0.3, 0.4) is 0 Å². The lowest BCUT2D eigenvalue weighted by molar-refractivity contribution is -0.130. The average molecular weight is 366 g/mol. The number of nitrogens with one attached hydrogen (secondary N) is 1. The van der Waals surface area contributed by atoms with E-state index < -0.39 is 17.5 Å². The number of hydrogen-bond acceptors (Lipinski definition) is 3. The van der Waals surface area contributed by atoms with E-state index in [1.54, 1.807) is 4.90 Å². The number of carbonyl (C=O) groups is 2. The zero-order chi connectivity index (χ0) is 18.9. The Kier molecular flexibility index (Phi) is 5.27. The molecule has 2 heterocycles. The SMILES string of the molecule is CC(C)NC(=O)[C@@H]1CN(C(=O)c2cc(F)cc(F)c2)CC12CCOCC2. The molecule has 1 aromatic rings. The molecule has 0 aromatic heterocycles.